The second kappa shape index (κ2) is 8.75. The molecule has 0 heterocycles. The minimum absolute atomic E-state index is 0.0782. The number of hydrogen-bond donors (Lipinski definition) is 1. The normalized spacial score (nSPS) is 30.6. The molecular weight excluding hydrogens is 430 g/mol. The van der Waals surface area contributed by atoms with Crippen LogP contribution in [0.5, 0.6) is 11.5 Å². The number of rotatable bonds is 5. The number of nitrogens with zero attached hydrogens (tertiary/aromatic N) is 3. The van der Waals surface area contributed by atoms with Gasteiger partial charge in [0.25, 0.3) is 0 Å². The van der Waals surface area contributed by atoms with Gasteiger partial charge in [-0.3, -0.25) is 0 Å². The highest BCUT2D eigenvalue weighted by molar-refractivity contribution is 6.03. The molecule has 0 spiro atoms. The van der Waals surface area contributed by atoms with Gasteiger partial charge in [-0.2, -0.15) is 10.2 Å². The van der Waals surface area contributed by atoms with Crippen LogP contribution in [-0.4, -0.2) is 24.0 Å². The highest BCUT2D eigenvalue weighted by Crippen LogP contribution is 2.62. The van der Waals surface area contributed by atoms with E-state index in [1.165, 1.54) is 0 Å². The number of phenolic OH excluding ortho intramolecular Hbond substituents is 1. The third-order valence-electron chi connectivity index (χ3n) is 8.47. The van der Waals surface area contributed by atoms with Crippen LogP contribution in [0.25, 0.3) is 0 Å². The van der Waals surface area contributed by atoms with Crippen molar-refractivity contribution in [3.8, 4) is 17.6 Å². The molecule has 2 fully saturated rings. The molecule has 0 radical (unpaired) electrons. The fraction of sp³-hybridized carbons (Fsp3) is 0.481. The summed E-state index contributed by atoms with van der Waals surface area (Å²) in [7, 11) is 1.56. The molecule has 7 nitrogen and oxygen atoms in total. The van der Waals surface area contributed by atoms with Gasteiger partial charge in [-0.05, 0) is 90.7 Å². The molecule has 5 rings (SSSR count). The van der Waals surface area contributed by atoms with E-state index in [1.54, 1.807) is 25.3 Å². The summed E-state index contributed by atoms with van der Waals surface area (Å²) in [6.07, 6.45) is 4.51. The van der Waals surface area contributed by atoms with Gasteiger partial charge in [0.1, 0.15) is 6.61 Å². The van der Waals surface area contributed by atoms with Crippen molar-refractivity contribution >= 4 is 5.71 Å². The molecule has 2 aromatic rings. The molecule has 1 unspecified atom stereocenters. The van der Waals surface area contributed by atoms with E-state index in [0.29, 0.717) is 29.1 Å². The number of fused-ring (bicyclic) bond motifs is 5. The second-order valence-corrected chi connectivity index (χ2v) is 10.1. The highest BCUT2D eigenvalue weighted by atomic mass is 16.6. The lowest BCUT2D eigenvalue weighted by Gasteiger charge is -2.49. The van der Waals surface area contributed by atoms with Crippen LogP contribution >= 0.6 is 0 Å². The van der Waals surface area contributed by atoms with Crippen molar-refractivity contribution in [2.75, 3.05) is 7.11 Å². The molecule has 176 valence electrons. The first kappa shape index (κ1) is 22.4. The lowest BCUT2D eigenvalue weighted by Crippen LogP contribution is -2.44. The number of benzene rings is 2. The zero-order valence-corrected chi connectivity index (χ0v) is 19.5. The zero-order valence-electron chi connectivity index (χ0n) is 19.5. The topological polar surface area (TPSA) is 104 Å². The lowest BCUT2D eigenvalue weighted by molar-refractivity contribution is 0.0591. The van der Waals surface area contributed by atoms with E-state index < -0.39 is 0 Å². The van der Waals surface area contributed by atoms with Crippen LogP contribution in [0.15, 0.2) is 46.7 Å². The number of aromatic hydroxyl groups is 1. The third-order valence-corrected chi connectivity index (χ3v) is 8.47. The largest absolute Gasteiger partial charge is 0.504 e. The van der Waals surface area contributed by atoms with E-state index in [4.69, 9.17) is 14.8 Å². The van der Waals surface area contributed by atoms with Crippen LogP contribution in [0.4, 0.5) is 0 Å². The van der Waals surface area contributed by atoms with Gasteiger partial charge in [0.2, 0.25) is 0 Å². The van der Waals surface area contributed by atoms with E-state index in [0.717, 1.165) is 54.5 Å². The van der Waals surface area contributed by atoms with Crippen LogP contribution in [0.1, 0.15) is 67.2 Å². The number of methoxy groups -OCH3 is 1. The first-order chi connectivity index (χ1) is 16.5. The molecule has 0 aromatic heterocycles. The molecule has 2 aromatic carbocycles. The van der Waals surface area contributed by atoms with Crippen LogP contribution in [0.2, 0.25) is 0 Å². The van der Waals surface area contributed by atoms with E-state index in [1.807, 2.05) is 18.2 Å². The number of nitriles is 1. The predicted molar refractivity (Wildman–Crippen MR) is 128 cm³/mol. The molecule has 0 saturated heterocycles. The summed E-state index contributed by atoms with van der Waals surface area (Å²) in [6.45, 7) is 2.48. The molecule has 34 heavy (non-hydrogen) atoms. The van der Waals surface area contributed by atoms with Crippen LogP contribution < -0.4 is 4.74 Å². The third kappa shape index (κ3) is 3.62. The van der Waals surface area contributed by atoms with E-state index in [2.05, 4.69) is 23.3 Å². The van der Waals surface area contributed by atoms with Crippen molar-refractivity contribution in [3.05, 3.63) is 63.6 Å². The quantitative estimate of drug-likeness (QED) is 0.460. The van der Waals surface area contributed by atoms with Gasteiger partial charge < -0.3 is 14.7 Å². The van der Waals surface area contributed by atoms with Gasteiger partial charge >= 0.3 is 0 Å². The van der Waals surface area contributed by atoms with Crippen molar-refractivity contribution in [1.82, 2.24) is 0 Å². The SMILES string of the molecule is COc1cc2c(cc1O)C(=NOCc1cccc(C#N)c1)C[C@@H]1[C@@H]2CC[C@]2(C)C(N=O)CC[C@@H]12. The number of nitroso groups, excluding NO2 is 1. The van der Waals surface area contributed by atoms with E-state index in [-0.39, 0.29) is 23.8 Å². The second-order valence-electron chi connectivity index (χ2n) is 10.1. The molecule has 3 aliphatic rings. The van der Waals surface area contributed by atoms with Crippen molar-refractivity contribution in [3.63, 3.8) is 0 Å². The lowest BCUT2D eigenvalue weighted by atomic mass is 9.55. The van der Waals surface area contributed by atoms with Gasteiger partial charge in [0.05, 0.1) is 30.5 Å². The summed E-state index contributed by atoms with van der Waals surface area (Å²) < 4.78 is 5.42. The standard InChI is InChI=1S/C27H29N3O4/c1-27-9-8-18-19-13-25(33-2)24(31)12-21(19)23(11-20(18)22(27)6-7-26(27)29-32)30-34-15-17-5-3-4-16(10-17)14-28/h3-5,10,12-13,18,20,22,26,31H,6-9,11,15H2,1-2H3/t18-,20-,22+,26?,27+/m1/s1. The Hall–Kier alpha value is -3.40. The number of phenols is 1. The summed E-state index contributed by atoms with van der Waals surface area (Å²) >= 11 is 0. The number of ether oxygens (including phenoxy) is 1. The van der Waals surface area contributed by atoms with Crippen molar-refractivity contribution < 1.29 is 14.7 Å². The average Bonchev–Trinajstić information content (AvgIpc) is 3.20. The molecule has 2 saturated carbocycles. The zero-order chi connectivity index (χ0) is 23.9. The fourth-order valence-corrected chi connectivity index (χ4v) is 6.74. The average molecular weight is 460 g/mol. The smallest absolute Gasteiger partial charge is 0.160 e. The number of oxime groups is 1. The van der Waals surface area contributed by atoms with Crippen LogP contribution in [0.3, 0.4) is 0 Å². The first-order valence-electron chi connectivity index (χ1n) is 11.9. The van der Waals surface area contributed by atoms with Crippen molar-refractivity contribution in [1.29, 1.82) is 5.26 Å². The van der Waals surface area contributed by atoms with Gasteiger partial charge in [-0.25, -0.2) is 0 Å². The Bertz CT molecular complexity index is 1190. The van der Waals surface area contributed by atoms with Crippen molar-refractivity contribution in [2.45, 2.75) is 57.6 Å². The van der Waals surface area contributed by atoms with Crippen LogP contribution in [0, 0.1) is 33.5 Å². The van der Waals surface area contributed by atoms with Gasteiger partial charge in [-0.15, -0.1) is 0 Å². The monoisotopic (exact) mass is 459 g/mol. The molecule has 0 bridgehead atoms. The summed E-state index contributed by atoms with van der Waals surface area (Å²) in [4.78, 5) is 17.3. The van der Waals surface area contributed by atoms with Gasteiger partial charge in [0, 0.05) is 5.56 Å². The molecule has 7 heteroatoms. The fourth-order valence-electron chi connectivity index (χ4n) is 6.74. The molecule has 5 atom stereocenters. The Morgan fingerprint density at radius 1 is 1.24 bits per heavy atom. The summed E-state index contributed by atoms with van der Waals surface area (Å²) in [5.41, 5.74) is 4.21. The summed E-state index contributed by atoms with van der Waals surface area (Å²) in [5, 5.41) is 27.7. The Kier molecular flexibility index (Phi) is 5.76. The number of hydrogen-bond acceptors (Lipinski definition) is 7. The molecule has 1 N–H and O–H groups in total. The maximum absolute atomic E-state index is 11.6. The summed E-state index contributed by atoms with van der Waals surface area (Å²) in [5.74, 6) is 1.58. The predicted octanol–water partition coefficient (Wildman–Crippen LogP) is 5.64. The van der Waals surface area contributed by atoms with Gasteiger partial charge in [-0.1, -0.05) is 29.4 Å². The Labute approximate surface area is 199 Å². The molecule has 0 aliphatic heterocycles. The molecule has 0 amide bonds. The first-order valence-corrected chi connectivity index (χ1v) is 11.9. The van der Waals surface area contributed by atoms with Crippen molar-refractivity contribution in [2.24, 2.45) is 27.6 Å². The van der Waals surface area contributed by atoms with E-state index in [9.17, 15) is 10.0 Å². The van der Waals surface area contributed by atoms with E-state index >= 15 is 0 Å². The maximum Gasteiger partial charge on any atom is 0.160 e. The Morgan fingerprint density at radius 3 is 2.85 bits per heavy atom. The minimum Gasteiger partial charge on any atom is -0.504 e. The highest BCUT2D eigenvalue weighted by Gasteiger charge is 2.56. The molecule has 3 aliphatic carbocycles. The van der Waals surface area contributed by atoms with Gasteiger partial charge in [0.15, 0.2) is 11.5 Å². The van der Waals surface area contributed by atoms with Crippen LogP contribution in [-0.2, 0) is 11.4 Å². The maximum atomic E-state index is 11.6. The Morgan fingerprint density at radius 2 is 2.09 bits per heavy atom. The Balaban J connectivity index is 1.49. The minimum atomic E-state index is -0.127. The summed E-state index contributed by atoms with van der Waals surface area (Å²) in [6, 6.07) is 13.0. The molecular formula is C27H29N3O4.